The number of hydrogen-bond acceptors (Lipinski definition) is 7. The van der Waals surface area contributed by atoms with Gasteiger partial charge < -0.3 is 11.1 Å². The molecule has 8 nitrogen and oxygen atoms in total. The summed E-state index contributed by atoms with van der Waals surface area (Å²) in [6.07, 6.45) is 5.34. The monoisotopic (exact) mass is 337 g/mol. The van der Waals surface area contributed by atoms with Crippen LogP contribution >= 0.6 is 0 Å². The van der Waals surface area contributed by atoms with Gasteiger partial charge in [-0.1, -0.05) is 6.92 Å². The number of pyridine rings is 1. The first-order chi connectivity index (χ1) is 12.0. The van der Waals surface area contributed by atoms with Crippen LogP contribution in [-0.2, 0) is 7.05 Å². The molecule has 0 saturated heterocycles. The van der Waals surface area contributed by atoms with E-state index in [-0.39, 0.29) is 5.78 Å². The van der Waals surface area contributed by atoms with Crippen molar-refractivity contribution in [3.63, 3.8) is 0 Å². The van der Waals surface area contributed by atoms with Crippen molar-refractivity contribution in [3.05, 3.63) is 42.1 Å². The zero-order valence-electron chi connectivity index (χ0n) is 14.3. The van der Waals surface area contributed by atoms with Gasteiger partial charge in [0.15, 0.2) is 11.6 Å². The van der Waals surface area contributed by atoms with Crippen LogP contribution in [0.3, 0.4) is 0 Å². The molecule has 3 N–H and O–H groups in total. The SMILES string of the molecule is CCC(=O)c1cc(C)c(Nc2nn(C)cc2-c2cc(N)ncn2)cn1. The number of hydrogen-bond donors (Lipinski definition) is 2. The van der Waals surface area contributed by atoms with Gasteiger partial charge in [-0.05, 0) is 18.6 Å². The van der Waals surface area contributed by atoms with E-state index < -0.39 is 0 Å². The zero-order chi connectivity index (χ0) is 18.0. The third-order valence-corrected chi connectivity index (χ3v) is 3.76. The van der Waals surface area contributed by atoms with E-state index in [0.717, 1.165) is 16.8 Å². The molecular weight excluding hydrogens is 318 g/mol. The lowest BCUT2D eigenvalue weighted by atomic mass is 10.1. The largest absolute Gasteiger partial charge is 0.384 e. The van der Waals surface area contributed by atoms with Gasteiger partial charge >= 0.3 is 0 Å². The van der Waals surface area contributed by atoms with Crippen molar-refractivity contribution in [2.24, 2.45) is 7.05 Å². The highest BCUT2D eigenvalue weighted by molar-refractivity contribution is 5.94. The number of nitrogens with one attached hydrogen (secondary N) is 1. The summed E-state index contributed by atoms with van der Waals surface area (Å²) in [6.45, 7) is 3.74. The topological polar surface area (TPSA) is 112 Å². The number of nitrogen functional groups attached to an aromatic ring is 1. The third-order valence-electron chi connectivity index (χ3n) is 3.76. The van der Waals surface area contributed by atoms with Crippen molar-refractivity contribution < 1.29 is 4.79 Å². The molecule has 0 aliphatic rings. The standard InChI is InChI=1S/C17H19N7O/c1-4-15(25)13-5-10(2)14(7-19-13)22-17-11(8-24(3)23-17)12-6-16(18)21-9-20-12/h5-9H,4H2,1-3H3,(H,22,23)(H2,18,20,21). The first-order valence-corrected chi connectivity index (χ1v) is 7.86. The van der Waals surface area contributed by atoms with Gasteiger partial charge in [-0.15, -0.1) is 0 Å². The number of aryl methyl sites for hydroxylation is 2. The van der Waals surface area contributed by atoms with E-state index in [0.29, 0.717) is 29.4 Å². The third kappa shape index (κ3) is 3.47. The quantitative estimate of drug-likeness (QED) is 0.688. The van der Waals surface area contributed by atoms with E-state index in [9.17, 15) is 4.79 Å². The summed E-state index contributed by atoms with van der Waals surface area (Å²) < 4.78 is 1.69. The average Bonchev–Trinajstić information content (AvgIpc) is 2.96. The van der Waals surface area contributed by atoms with Crippen LogP contribution in [0.2, 0.25) is 0 Å². The highest BCUT2D eigenvalue weighted by Gasteiger charge is 2.14. The molecule has 8 heteroatoms. The minimum absolute atomic E-state index is 0.0182. The summed E-state index contributed by atoms with van der Waals surface area (Å²) in [5, 5.41) is 7.69. The molecule has 0 aliphatic carbocycles. The van der Waals surface area contributed by atoms with Gasteiger partial charge in [0.2, 0.25) is 0 Å². The molecule has 3 aromatic heterocycles. The molecule has 0 aromatic carbocycles. The lowest BCUT2D eigenvalue weighted by Gasteiger charge is -2.09. The summed E-state index contributed by atoms with van der Waals surface area (Å²) in [7, 11) is 1.83. The number of ketones is 1. The summed E-state index contributed by atoms with van der Waals surface area (Å²) in [4.78, 5) is 24.2. The second-order valence-corrected chi connectivity index (χ2v) is 5.68. The molecule has 3 heterocycles. The fraction of sp³-hybridized carbons (Fsp3) is 0.235. The number of anilines is 3. The molecular formula is C17H19N7O. The van der Waals surface area contributed by atoms with E-state index in [4.69, 9.17) is 5.73 Å². The van der Waals surface area contributed by atoms with Crippen LogP contribution in [0.1, 0.15) is 29.4 Å². The minimum Gasteiger partial charge on any atom is -0.384 e. The summed E-state index contributed by atoms with van der Waals surface area (Å²) in [5.41, 5.74) is 9.36. The number of nitrogens with two attached hydrogens (primary N) is 1. The molecule has 25 heavy (non-hydrogen) atoms. The van der Waals surface area contributed by atoms with Gasteiger partial charge in [-0.2, -0.15) is 5.10 Å². The molecule has 0 aliphatic heterocycles. The molecule has 128 valence electrons. The van der Waals surface area contributed by atoms with Crippen LogP contribution in [0, 0.1) is 6.92 Å². The predicted octanol–water partition coefficient (Wildman–Crippen LogP) is 2.50. The molecule has 0 spiro atoms. The molecule has 0 unspecified atom stereocenters. The first-order valence-electron chi connectivity index (χ1n) is 7.86. The van der Waals surface area contributed by atoms with Gasteiger partial charge in [-0.25, -0.2) is 9.97 Å². The summed E-state index contributed by atoms with van der Waals surface area (Å²) >= 11 is 0. The van der Waals surface area contributed by atoms with E-state index in [1.807, 2.05) is 27.1 Å². The fourth-order valence-corrected chi connectivity index (χ4v) is 2.44. The molecule has 0 atom stereocenters. The van der Waals surface area contributed by atoms with Crippen LogP contribution in [-0.4, -0.2) is 30.5 Å². The van der Waals surface area contributed by atoms with Crippen molar-refractivity contribution in [1.29, 1.82) is 0 Å². The minimum atomic E-state index is 0.0182. The number of carbonyl (C=O) groups is 1. The highest BCUT2D eigenvalue weighted by atomic mass is 16.1. The van der Waals surface area contributed by atoms with Crippen LogP contribution in [0.4, 0.5) is 17.3 Å². The summed E-state index contributed by atoms with van der Waals surface area (Å²) in [6, 6.07) is 3.47. The Labute approximate surface area is 145 Å². The molecule has 3 rings (SSSR count). The van der Waals surface area contributed by atoms with Crippen LogP contribution in [0.15, 0.2) is 30.9 Å². The van der Waals surface area contributed by atoms with Crippen molar-refractivity contribution in [2.45, 2.75) is 20.3 Å². The maximum atomic E-state index is 11.8. The fourth-order valence-electron chi connectivity index (χ4n) is 2.44. The Morgan fingerprint density at radius 1 is 1.28 bits per heavy atom. The molecule has 0 fully saturated rings. The van der Waals surface area contributed by atoms with Gasteiger partial charge in [0.1, 0.15) is 17.8 Å². The maximum absolute atomic E-state index is 11.8. The molecule has 0 radical (unpaired) electrons. The predicted molar refractivity (Wildman–Crippen MR) is 95.5 cm³/mol. The van der Waals surface area contributed by atoms with E-state index in [1.165, 1.54) is 6.33 Å². The smallest absolute Gasteiger partial charge is 0.180 e. The van der Waals surface area contributed by atoms with Crippen LogP contribution in [0.5, 0.6) is 0 Å². The van der Waals surface area contributed by atoms with Crippen molar-refractivity contribution in [2.75, 3.05) is 11.1 Å². The number of carbonyl (C=O) groups excluding carboxylic acids is 1. The Morgan fingerprint density at radius 2 is 2.08 bits per heavy atom. The Bertz CT molecular complexity index is 932. The maximum Gasteiger partial charge on any atom is 0.180 e. The van der Waals surface area contributed by atoms with Gasteiger partial charge in [0.05, 0.1) is 23.1 Å². The van der Waals surface area contributed by atoms with E-state index >= 15 is 0 Å². The Kier molecular flexibility index (Phi) is 4.42. The number of Topliss-reactive ketones (excluding diaryl/α,β-unsaturated/α-hetero) is 1. The van der Waals surface area contributed by atoms with Crippen LogP contribution in [0.25, 0.3) is 11.3 Å². The lowest BCUT2D eigenvalue weighted by Crippen LogP contribution is -2.04. The number of nitrogens with zero attached hydrogens (tertiary/aromatic N) is 5. The summed E-state index contributed by atoms with van der Waals surface area (Å²) in [5.74, 6) is 1.03. The Morgan fingerprint density at radius 3 is 2.76 bits per heavy atom. The van der Waals surface area contributed by atoms with Gasteiger partial charge in [0, 0.05) is 25.7 Å². The van der Waals surface area contributed by atoms with E-state index in [1.54, 1.807) is 23.0 Å². The van der Waals surface area contributed by atoms with E-state index in [2.05, 4.69) is 25.4 Å². The molecule has 3 aromatic rings. The molecule has 0 saturated carbocycles. The van der Waals surface area contributed by atoms with Gasteiger partial charge in [0.25, 0.3) is 0 Å². The Balaban J connectivity index is 1.95. The van der Waals surface area contributed by atoms with Gasteiger partial charge in [-0.3, -0.25) is 14.5 Å². The number of aromatic nitrogens is 5. The normalized spacial score (nSPS) is 10.7. The average molecular weight is 337 g/mol. The zero-order valence-corrected chi connectivity index (χ0v) is 14.3. The lowest BCUT2D eigenvalue weighted by molar-refractivity contribution is 0.0983. The highest BCUT2D eigenvalue weighted by Crippen LogP contribution is 2.29. The van der Waals surface area contributed by atoms with Crippen LogP contribution < -0.4 is 11.1 Å². The molecule has 0 amide bonds. The van der Waals surface area contributed by atoms with Crippen molar-refractivity contribution >= 4 is 23.1 Å². The second-order valence-electron chi connectivity index (χ2n) is 5.68. The first kappa shape index (κ1) is 16.6. The Hall–Kier alpha value is -3.29. The molecule has 0 bridgehead atoms. The number of rotatable bonds is 5. The van der Waals surface area contributed by atoms with Crippen molar-refractivity contribution in [3.8, 4) is 11.3 Å². The second kappa shape index (κ2) is 6.68. The van der Waals surface area contributed by atoms with Crippen molar-refractivity contribution in [1.82, 2.24) is 24.7 Å².